The molecule has 0 saturated carbocycles. The highest BCUT2D eigenvalue weighted by atomic mass is 19.1. The first-order valence-electron chi connectivity index (χ1n) is 8.51. The summed E-state index contributed by atoms with van der Waals surface area (Å²) >= 11 is 0. The van der Waals surface area contributed by atoms with Crippen LogP contribution in [0.15, 0.2) is 47.1 Å². The first kappa shape index (κ1) is 20.1. The van der Waals surface area contributed by atoms with Gasteiger partial charge in [0.2, 0.25) is 0 Å². The minimum Gasteiger partial charge on any atom is -0.467 e. The van der Waals surface area contributed by atoms with Gasteiger partial charge in [-0.25, -0.2) is 4.39 Å². The Hall–Kier alpha value is -3.18. The summed E-state index contributed by atoms with van der Waals surface area (Å²) in [5, 5.41) is 11.4. The van der Waals surface area contributed by atoms with Crippen LogP contribution in [0.4, 0.5) is 10.1 Å². The Kier molecular flexibility index (Phi) is 7.52. The van der Waals surface area contributed by atoms with Crippen molar-refractivity contribution in [2.75, 3.05) is 32.0 Å². The Morgan fingerprint density at radius 1 is 1.30 bits per heavy atom. The zero-order valence-corrected chi connectivity index (χ0v) is 15.1. The van der Waals surface area contributed by atoms with E-state index in [2.05, 4.69) is 5.32 Å². The highest BCUT2D eigenvalue weighted by Crippen LogP contribution is 2.08. The number of amides is 2. The molecule has 2 amide bonds. The number of hydrogen-bond donors (Lipinski definition) is 2. The number of nitrogens with zero attached hydrogens (tertiary/aromatic N) is 2. The zero-order valence-electron chi connectivity index (χ0n) is 15.1. The molecule has 0 aliphatic heterocycles. The van der Waals surface area contributed by atoms with Crippen LogP contribution in [0.1, 0.15) is 12.2 Å². The highest BCUT2D eigenvalue weighted by Gasteiger charge is 2.20. The predicted octanol–water partition coefficient (Wildman–Crippen LogP) is 0.814. The molecule has 2 aromatic rings. The number of nitriles is 1. The van der Waals surface area contributed by atoms with Crippen LogP contribution in [0.5, 0.6) is 0 Å². The van der Waals surface area contributed by atoms with E-state index in [1.807, 2.05) is 6.07 Å². The molecule has 1 atom stereocenters. The second-order valence-corrected chi connectivity index (χ2v) is 6.17. The van der Waals surface area contributed by atoms with Gasteiger partial charge >= 0.3 is 0 Å². The van der Waals surface area contributed by atoms with Crippen molar-refractivity contribution < 1.29 is 23.3 Å². The number of carbonyl (C=O) groups excluding carboxylic acids is 2. The maximum absolute atomic E-state index is 13.2. The molecule has 0 radical (unpaired) electrons. The molecule has 0 bridgehead atoms. The van der Waals surface area contributed by atoms with Crippen LogP contribution < -0.4 is 10.2 Å². The van der Waals surface area contributed by atoms with Crippen molar-refractivity contribution in [1.82, 2.24) is 4.90 Å². The number of nitrogens with one attached hydrogen (secondary N) is 2. The summed E-state index contributed by atoms with van der Waals surface area (Å²) in [6.45, 7) is 0.701. The zero-order chi connectivity index (χ0) is 19.6. The van der Waals surface area contributed by atoms with Crippen molar-refractivity contribution in [3.63, 3.8) is 0 Å². The van der Waals surface area contributed by atoms with E-state index < -0.39 is 5.82 Å². The van der Waals surface area contributed by atoms with Crippen LogP contribution in [0.2, 0.25) is 0 Å². The molecule has 2 N–H and O–H groups in total. The fourth-order valence-electron chi connectivity index (χ4n) is 2.55. The summed E-state index contributed by atoms with van der Waals surface area (Å²) in [6, 6.07) is 11.1. The van der Waals surface area contributed by atoms with E-state index in [-0.39, 0.29) is 37.9 Å². The van der Waals surface area contributed by atoms with E-state index in [1.165, 1.54) is 29.4 Å². The van der Waals surface area contributed by atoms with E-state index in [1.54, 1.807) is 25.2 Å². The Morgan fingerprint density at radius 2 is 2.11 bits per heavy atom. The van der Waals surface area contributed by atoms with Crippen molar-refractivity contribution in [3.8, 4) is 6.07 Å². The largest absolute Gasteiger partial charge is 0.467 e. The SMILES string of the molecule is C[NH+](CC(=O)Nc1cccc(F)c1)CC(=O)N(CCC#N)Cc1ccco1. The van der Waals surface area contributed by atoms with Gasteiger partial charge in [-0.15, -0.1) is 0 Å². The number of halogens is 1. The van der Waals surface area contributed by atoms with Crippen LogP contribution in [0.25, 0.3) is 0 Å². The monoisotopic (exact) mass is 373 g/mol. The van der Waals surface area contributed by atoms with Crippen molar-refractivity contribution >= 4 is 17.5 Å². The van der Waals surface area contributed by atoms with Gasteiger partial charge in [0.25, 0.3) is 11.8 Å². The number of carbonyl (C=O) groups is 2. The maximum atomic E-state index is 13.2. The van der Waals surface area contributed by atoms with Gasteiger partial charge in [0.15, 0.2) is 13.1 Å². The van der Waals surface area contributed by atoms with E-state index in [0.717, 1.165) is 0 Å². The van der Waals surface area contributed by atoms with E-state index in [0.29, 0.717) is 22.9 Å². The number of rotatable bonds is 9. The molecule has 0 aliphatic rings. The number of hydrogen-bond acceptors (Lipinski definition) is 4. The number of anilines is 1. The van der Waals surface area contributed by atoms with Crippen LogP contribution in [0, 0.1) is 17.1 Å². The molecule has 142 valence electrons. The van der Waals surface area contributed by atoms with Gasteiger partial charge in [-0.1, -0.05) is 6.07 Å². The Labute approximate surface area is 157 Å². The topological polar surface area (TPSA) is 90.8 Å². The molecule has 8 heteroatoms. The summed E-state index contributed by atoms with van der Waals surface area (Å²) in [7, 11) is 1.72. The van der Waals surface area contributed by atoms with E-state index >= 15 is 0 Å². The second kappa shape index (κ2) is 10.1. The highest BCUT2D eigenvalue weighted by molar-refractivity contribution is 5.91. The lowest BCUT2D eigenvalue weighted by atomic mass is 10.3. The summed E-state index contributed by atoms with van der Waals surface area (Å²) in [5.41, 5.74) is 0.368. The lowest BCUT2D eigenvalue weighted by Gasteiger charge is -2.22. The van der Waals surface area contributed by atoms with Gasteiger partial charge in [0.1, 0.15) is 11.6 Å². The van der Waals surface area contributed by atoms with E-state index in [9.17, 15) is 14.0 Å². The summed E-state index contributed by atoms with van der Waals surface area (Å²) < 4.78 is 18.4. The van der Waals surface area contributed by atoms with Gasteiger partial charge in [-0.2, -0.15) is 5.26 Å². The van der Waals surface area contributed by atoms with Crippen molar-refractivity contribution in [3.05, 3.63) is 54.2 Å². The lowest BCUT2D eigenvalue weighted by Crippen LogP contribution is -3.11. The molecule has 1 unspecified atom stereocenters. The summed E-state index contributed by atoms with van der Waals surface area (Å²) in [4.78, 5) is 26.8. The van der Waals surface area contributed by atoms with Gasteiger partial charge in [0, 0.05) is 12.2 Å². The average molecular weight is 373 g/mol. The number of likely N-dealkylation sites (N-methyl/N-ethyl adjacent to an activating group) is 1. The normalized spacial score (nSPS) is 11.4. The molecule has 1 aromatic heterocycles. The van der Waals surface area contributed by atoms with Gasteiger partial charge in [-0.05, 0) is 30.3 Å². The van der Waals surface area contributed by atoms with Gasteiger partial charge in [0.05, 0.1) is 32.3 Å². The molecular weight excluding hydrogens is 351 g/mol. The Bertz CT molecular complexity index is 802. The fourth-order valence-corrected chi connectivity index (χ4v) is 2.55. The molecule has 0 fully saturated rings. The van der Waals surface area contributed by atoms with E-state index in [4.69, 9.17) is 9.68 Å². The van der Waals surface area contributed by atoms with Crippen LogP contribution in [0.3, 0.4) is 0 Å². The summed E-state index contributed by atoms with van der Waals surface area (Å²) in [6.07, 6.45) is 1.74. The fraction of sp³-hybridized carbons (Fsp3) is 0.316. The number of quaternary nitrogens is 1. The molecule has 1 aromatic carbocycles. The van der Waals surface area contributed by atoms with Crippen molar-refractivity contribution in [1.29, 1.82) is 5.26 Å². The van der Waals surface area contributed by atoms with Crippen molar-refractivity contribution in [2.24, 2.45) is 0 Å². The van der Waals surface area contributed by atoms with Crippen molar-refractivity contribution in [2.45, 2.75) is 13.0 Å². The number of benzene rings is 1. The molecule has 0 spiro atoms. The van der Waals surface area contributed by atoms with Crippen LogP contribution in [-0.4, -0.2) is 43.4 Å². The molecule has 2 rings (SSSR count). The van der Waals surface area contributed by atoms with Crippen LogP contribution >= 0.6 is 0 Å². The average Bonchev–Trinajstić information content (AvgIpc) is 3.11. The number of furan rings is 1. The molecular formula is C19H22FN4O3+. The third-order valence-corrected chi connectivity index (χ3v) is 3.80. The third-order valence-electron chi connectivity index (χ3n) is 3.80. The first-order valence-corrected chi connectivity index (χ1v) is 8.51. The standard InChI is InChI=1S/C19H21FN4O3/c1-23(13-18(25)22-16-6-2-5-15(20)11-16)14-19(26)24(9-4-8-21)12-17-7-3-10-27-17/h2-3,5-7,10-11H,4,9,12-14H2,1H3,(H,22,25)/p+1. The molecule has 0 aliphatic carbocycles. The Balaban J connectivity index is 1.87. The second-order valence-electron chi connectivity index (χ2n) is 6.17. The first-order chi connectivity index (χ1) is 13.0. The molecule has 1 heterocycles. The van der Waals surface area contributed by atoms with Crippen LogP contribution in [-0.2, 0) is 16.1 Å². The minimum absolute atomic E-state index is 0.0507. The quantitative estimate of drug-likeness (QED) is 0.681. The third kappa shape index (κ3) is 6.92. The van der Waals surface area contributed by atoms with Gasteiger partial charge in [-0.3, -0.25) is 9.59 Å². The predicted molar refractivity (Wildman–Crippen MR) is 96.0 cm³/mol. The molecule has 0 saturated heterocycles. The smallest absolute Gasteiger partial charge is 0.279 e. The minimum atomic E-state index is -0.435. The summed E-state index contributed by atoms with van der Waals surface area (Å²) in [5.74, 6) is -0.309. The van der Waals surface area contributed by atoms with Gasteiger partial charge < -0.3 is 19.5 Å². The lowest BCUT2D eigenvalue weighted by molar-refractivity contribution is -0.862. The molecule has 7 nitrogen and oxygen atoms in total. The Morgan fingerprint density at radius 3 is 2.78 bits per heavy atom. The molecule has 27 heavy (non-hydrogen) atoms. The maximum Gasteiger partial charge on any atom is 0.279 e.